The third kappa shape index (κ3) is 6.32. The Hall–Kier alpha value is -0.220. The van der Waals surface area contributed by atoms with Crippen molar-refractivity contribution in [2.24, 2.45) is 0 Å². The normalized spacial score (nSPS) is 12.6. The lowest BCUT2D eigenvalue weighted by atomic mass is 10.2. The molecule has 0 aliphatic rings. The van der Waals surface area contributed by atoms with Gasteiger partial charge in [0.25, 0.3) is 0 Å². The molecule has 0 aliphatic carbocycles. The molecule has 96 valence electrons. The minimum atomic E-state index is 0.201. The van der Waals surface area contributed by atoms with Crippen molar-refractivity contribution in [3.05, 3.63) is 34.9 Å². The number of hydrogen-bond acceptors (Lipinski definition) is 3. The minimum Gasteiger partial charge on any atom is -0.395 e. The van der Waals surface area contributed by atoms with Crippen molar-refractivity contribution in [2.75, 3.05) is 18.9 Å². The maximum absolute atomic E-state index is 9.19. The molecule has 0 aliphatic heterocycles. The van der Waals surface area contributed by atoms with Crippen molar-refractivity contribution in [3.63, 3.8) is 0 Å². The molecule has 1 aromatic rings. The second-order valence-corrected chi connectivity index (χ2v) is 5.44. The van der Waals surface area contributed by atoms with Gasteiger partial charge in [0, 0.05) is 22.6 Å². The summed E-state index contributed by atoms with van der Waals surface area (Å²) in [6, 6.07) is 8.12. The molecule has 1 aromatic carbocycles. The van der Waals surface area contributed by atoms with E-state index in [0.29, 0.717) is 0 Å². The zero-order chi connectivity index (χ0) is 12.5. The van der Waals surface area contributed by atoms with E-state index in [9.17, 15) is 5.11 Å². The number of aliphatic hydroxyl groups excluding tert-OH is 1. The minimum absolute atomic E-state index is 0.201. The van der Waals surface area contributed by atoms with Gasteiger partial charge in [-0.15, -0.1) is 0 Å². The van der Waals surface area contributed by atoms with E-state index in [4.69, 9.17) is 11.6 Å². The SMILES string of the molecule is CCCNC(CO)CSCc1ccc(Cl)cc1. The molecule has 0 aromatic heterocycles. The van der Waals surface area contributed by atoms with E-state index in [0.717, 1.165) is 29.5 Å². The van der Waals surface area contributed by atoms with E-state index >= 15 is 0 Å². The van der Waals surface area contributed by atoms with E-state index in [-0.39, 0.29) is 12.6 Å². The van der Waals surface area contributed by atoms with Crippen LogP contribution in [0.2, 0.25) is 5.02 Å². The van der Waals surface area contributed by atoms with Gasteiger partial charge >= 0.3 is 0 Å². The first-order valence-electron chi connectivity index (χ1n) is 5.92. The Morgan fingerprint density at radius 3 is 2.65 bits per heavy atom. The molecule has 0 saturated carbocycles. The lowest BCUT2D eigenvalue weighted by Crippen LogP contribution is -2.35. The van der Waals surface area contributed by atoms with E-state index in [1.54, 1.807) is 0 Å². The summed E-state index contributed by atoms with van der Waals surface area (Å²) in [5, 5.41) is 13.3. The van der Waals surface area contributed by atoms with Crippen LogP contribution in [-0.4, -0.2) is 30.1 Å². The summed E-state index contributed by atoms with van der Waals surface area (Å²) in [6.07, 6.45) is 1.10. The topological polar surface area (TPSA) is 32.3 Å². The van der Waals surface area contributed by atoms with Gasteiger partial charge in [-0.25, -0.2) is 0 Å². The molecule has 0 amide bonds. The van der Waals surface area contributed by atoms with Gasteiger partial charge in [-0.2, -0.15) is 11.8 Å². The number of halogens is 1. The zero-order valence-corrected chi connectivity index (χ0v) is 11.7. The van der Waals surface area contributed by atoms with Crippen molar-refractivity contribution in [1.82, 2.24) is 5.32 Å². The first-order chi connectivity index (χ1) is 8.26. The second-order valence-electron chi connectivity index (χ2n) is 3.98. The van der Waals surface area contributed by atoms with Gasteiger partial charge in [0.1, 0.15) is 0 Å². The Balaban J connectivity index is 2.23. The summed E-state index contributed by atoms with van der Waals surface area (Å²) in [5.41, 5.74) is 1.27. The van der Waals surface area contributed by atoms with E-state index in [1.807, 2.05) is 36.0 Å². The van der Waals surface area contributed by atoms with Crippen molar-refractivity contribution < 1.29 is 5.11 Å². The number of benzene rings is 1. The molecular weight excluding hydrogens is 254 g/mol. The standard InChI is InChI=1S/C13H20ClNOS/c1-2-7-15-13(8-16)10-17-9-11-3-5-12(14)6-4-11/h3-6,13,15-16H,2,7-10H2,1H3. The molecule has 0 fully saturated rings. The fraction of sp³-hybridized carbons (Fsp3) is 0.538. The fourth-order valence-electron chi connectivity index (χ4n) is 1.42. The molecular formula is C13H20ClNOS. The average Bonchev–Trinajstić information content (AvgIpc) is 2.36. The number of aliphatic hydroxyl groups is 1. The zero-order valence-electron chi connectivity index (χ0n) is 10.2. The van der Waals surface area contributed by atoms with Gasteiger partial charge in [-0.1, -0.05) is 30.7 Å². The van der Waals surface area contributed by atoms with Gasteiger partial charge in [0.2, 0.25) is 0 Å². The van der Waals surface area contributed by atoms with Crippen LogP contribution in [0.1, 0.15) is 18.9 Å². The number of rotatable bonds is 8. The molecule has 0 bridgehead atoms. The van der Waals surface area contributed by atoms with Crippen LogP contribution in [0.25, 0.3) is 0 Å². The van der Waals surface area contributed by atoms with Gasteiger partial charge in [-0.3, -0.25) is 0 Å². The van der Waals surface area contributed by atoms with E-state index in [1.165, 1.54) is 5.56 Å². The molecule has 0 radical (unpaired) electrons. The number of thioether (sulfide) groups is 1. The summed E-state index contributed by atoms with van der Waals surface area (Å²) in [7, 11) is 0. The molecule has 0 heterocycles. The molecule has 17 heavy (non-hydrogen) atoms. The summed E-state index contributed by atoms with van der Waals surface area (Å²) < 4.78 is 0. The molecule has 1 rings (SSSR count). The molecule has 4 heteroatoms. The smallest absolute Gasteiger partial charge is 0.0592 e. The largest absolute Gasteiger partial charge is 0.395 e. The molecule has 2 N–H and O–H groups in total. The fourth-order valence-corrected chi connectivity index (χ4v) is 2.60. The van der Waals surface area contributed by atoms with Crippen LogP contribution in [0.3, 0.4) is 0 Å². The van der Waals surface area contributed by atoms with Crippen molar-refractivity contribution in [2.45, 2.75) is 25.1 Å². The van der Waals surface area contributed by atoms with Crippen LogP contribution in [-0.2, 0) is 5.75 Å². The number of nitrogens with one attached hydrogen (secondary N) is 1. The third-order valence-corrected chi connectivity index (χ3v) is 3.83. The predicted molar refractivity (Wildman–Crippen MR) is 76.8 cm³/mol. The van der Waals surface area contributed by atoms with Crippen LogP contribution in [0, 0.1) is 0 Å². The highest BCUT2D eigenvalue weighted by molar-refractivity contribution is 7.98. The summed E-state index contributed by atoms with van der Waals surface area (Å²) in [6.45, 7) is 3.29. The van der Waals surface area contributed by atoms with Crippen molar-refractivity contribution in [1.29, 1.82) is 0 Å². The molecule has 1 atom stereocenters. The molecule has 0 spiro atoms. The van der Waals surface area contributed by atoms with Crippen LogP contribution < -0.4 is 5.32 Å². The van der Waals surface area contributed by atoms with Gasteiger partial charge in [0.05, 0.1) is 6.61 Å². The molecule has 0 saturated heterocycles. The Labute approximate surface area is 113 Å². The molecule has 2 nitrogen and oxygen atoms in total. The highest BCUT2D eigenvalue weighted by atomic mass is 35.5. The lowest BCUT2D eigenvalue weighted by molar-refractivity contribution is 0.254. The predicted octanol–water partition coefficient (Wildman–Crippen LogP) is 2.93. The molecule has 1 unspecified atom stereocenters. The van der Waals surface area contributed by atoms with Crippen LogP contribution in [0.5, 0.6) is 0 Å². The van der Waals surface area contributed by atoms with Gasteiger partial charge in [0.15, 0.2) is 0 Å². The average molecular weight is 274 g/mol. The van der Waals surface area contributed by atoms with Crippen molar-refractivity contribution >= 4 is 23.4 Å². The summed E-state index contributed by atoms with van der Waals surface area (Å²) >= 11 is 7.66. The Bertz CT molecular complexity index is 305. The summed E-state index contributed by atoms with van der Waals surface area (Å²) in [4.78, 5) is 0. The van der Waals surface area contributed by atoms with E-state index in [2.05, 4.69) is 12.2 Å². The van der Waals surface area contributed by atoms with Crippen LogP contribution >= 0.6 is 23.4 Å². The second kappa shape index (κ2) is 8.81. The highest BCUT2D eigenvalue weighted by Gasteiger charge is 2.05. The lowest BCUT2D eigenvalue weighted by Gasteiger charge is -2.15. The quantitative estimate of drug-likeness (QED) is 0.764. The summed E-state index contributed by atoms with van der Waals surface area (Å²) in [5.74, 6) is 1.89. The van der Waals surface area contributed by atoms with Gasteiger partial charge in [-0.05, 0) is 30.7 Å². The highest BCUT2D eigenvalue weighted by Crippen LogP contribution is 2.16. The monoisotopic (exact) mass is 273 g/mol. The maximum Gasteiger partial charge on any atom is 0.0592 e. The van der Waals surface area contributed by atoms with Crippen LogP contribution in [0.15, 0.2) is 24.3 Å². The van der Waals surface area contributed by atoms with Crippen molar-refractivity contribution in [3.8, 4) is 0 Å². The third-order valence-electron chi connectivity index (χ3n) is 2.40. The Kier molecular flexibility index (Phi) is 7.69. The first kappa shape index (κ1) is 14.8. The number of hydrogen-bond donors (Lipinski definition) is 2. The van der Waals surface area contributed by atoms with E-state index < -0.39 is 0 Å². The van der Waals surface area contributed by atoms with Crippen LogP contribution in [0.4, 0.5) is 0 Å². The Morgan fingerprint density at radius 1 is 1.35 bits per heavy atom. The van der Waals surface area contributed by atoms with Gasteiger partial charge < -0.3 is 10.4 Å². The maximum atomic E-state index is 9.19. The first-order valence-corrected chi connectivity index (χ1v) is 7.46. The Morgan fingerprint density at radius 2 is 2.06 bits per heavy atom.